The summed E-state index contributed by atoms with van der Waals surface area (Å²) in [6, 6.07) is 0. The third-order valence-electron chi connectivity index (χ3n) is 2.47. The SMILES string of the molecule is CNS(=O)(=O)OC1(C)CCCCC1. The van der Waals surface area contributed by atoms with Gasteiger partial charge in [-0.1, -0.05) is 19.3 Å². The zero-order valence-corrected chi connectivity index (χ0v) is 8.99. The normalized spacial score (nSPS) is 22.9. The molecule has 1 aliphatic carbocycles. The van der Waals surface area contributed by atoms with Crippen LogP contribution >= 0.6 is 0 Å². The monoisotopic (exact) mass is 207 g/mol. The Morgan fingerprint density at radius 3 is 2.23 bits per heavy atom. The van der Waals surface area contributed by atoms with E-state index < -0.39 is 15.9 Å². The molecular formula is C8H17NO3S. The van der Waals surface area contributed by atoms with E-state index >= 15 is 0 Å². The van der Waals surface area contributed by atoms with Crippen LogP contribution in [0, 0.1) is 0 Å². The van der Waals surface area contributed by atoms with Crippen LogP contribution in [0.1, 0.15) is 39.0 Å². The molecule has 5 heteroatoms. The molecule has 0 aromatic carbocycles. The van der Waals surface area contributed by atoms with E-state index in [4.69, 9.17) is 4.18 Å². The molecule has 0 heterocycles. The summed E-state index contributed by atoms with van der Waals surface area (Å²) in [7, 11) is -2.16. The number of hydrogen-bond donors (Lipinski definition) is 1. The largest absolute Gasteiger partial charge is 0.336 e. The van der Waals surface area contributed by atoms with Gasteiger partial charge in [-0.25, -0.2) is 0 Å². The Bertz CT molecular complexity index is 255. The Hall–Kier alpha value is -0.130. The maximum atomic E-state index is 11.1. The summed E-state index contributed by atoms with van der Waals surface area (Å²) >= 11 is 0. The predicted octanol–water partition coefficient (Wildman–Crippen LogP) is 1.19. The molecule has 0 saturated heterocycles. The topological polar surface area (TPSA) is 55.4 Å². The Morgan fingerprint density at radius 2 is 1.77 bits per heavy atom. The first-order chi connectivity index (χ1) is 5.97. The van der Waals surface area contributed by atoms with Crippen molar-refractivity contribution < 1.29 is 12.6 Å². The molecule has 0 aliphatic heterocycles. The van der Waals surface area contributed by atoms with E-state index in [2.05, 4.69) is 4.72 Å². The van der Waals surface area contributed by atoms with Gasteiger partial charge in [0.15, 0.2) is 0 Å². The molecule has 1 aliphatic rings. The van der Waals surface area contributed by atoms with Crippen molar-refractivity contribution in [1.82, 2.24) is 4.72 Å². The summed E-state index contributed by atoms with van der Waals surface area (Å²) in [5, 5.41) is 0. The maximum Gasteiger partial charge on any atom is 0.336 e. The van der Waals surface area contributed by atoms with E-state index in [1.165, 1.54) is 13.5 Å². The average molecular weight is 207 g/mol. The summed E-state index contributed by atoms with van der Waals surface area (Å²) in [5.41, 5.74) is -0.486. The average Bonchev–Trinajstić information content (AvgIpc) is 2.04. The Morgan fingerprint density at radius 1 is 1.23 bits per heavy atom. The van der Waals surface area contributed by atoms with Crippen LogP contribution in [0.15, 0.2) is 0 Å². The molecule has 0 radical (unpaired) electrons. The highest BCUT2D eigenvalue weighted by Gasteiger charge is 2.32. The molecule has 4 nitrogen and oxygen atoms in total. The first-order valence-corrected chi connectivity index (χ1v) is 6.02. The first-order valence-electron chi connectivity index (χ1n) is 4.62. The lowest BCUT2D eigenvalue weighted by Gasteiger charge is -2.32. The minimum atomic E-state index is -3.53. The maximum absolute atomic E-state index is 11.1. The lowest BCUT2D eigenvalue weighted by Crippen LogP contribution is -2.37. The Balaban J connectivity index is 2.60. The third kappa shape index (κ3) is 3.25. The molecule has 0 atom stereocenters. The van der Waals surface area contributed by atoms with Crippen molar-refractivity contribution in [1.29, 1.82) is 0 Å². The molecule has 0 aromatic rings. The highest BCUT2D eigenvalue weighted by atomic mass is 32.2. The van der Waals surface area contributed by atoms with Crippen LogP contribution in [0.25, 0.3) is 0 Å². The molecular weight excluding hydrogens is 190 g/mol. The predicted molar refractivity (Wildman–Crippen MR) is 50.6 cm³/mol. The van der Waals surface area contributed by atoms with Crippen LogP contribution in [-0.4, -0.2) is 21.1 Å². The van der Waals surface area contributed by atoms with Crippen molar-refractivity contribution in [2.24, 2.45) is 0 Å². The third-order valence-corrected chi connectivity index (χ3v) is 3.59. The van der Waals surface area contributed by atoms with Gasteiger partial charge < -0.3 is 0 Å². The van der Waals surface area contributed by atoms with Crippen LogP contribution in [0.3, 0.4) is 0 Å². The van der Waals surface area contributed by atoms with Crippen LogP contribution in [0.5, 0.6) is 0 Å². The Kier molecular flexibility index (Phi) is 3.32. The van der Waals surface area contributed by atoms with Crippen LogP contribution in [0.2, 0.25) is 0 Å². The summed E-state index contributed by atoms with van der Waals surface area (Å²) in [6.45, 7) is 1.86. The minimum Gasteiger partial charge on any atom is -0.252 e. The zero-order valence-electron chi connectivity index (χ0n) is 8.17. The molecule has 1 rings (SSSR count). The highest BCUT2D eigenvalue weighted by Crippen LogP contribution is 2.31. The van der Waals surface area contributed by atoms with E-state index in [0.717, 1.165) is 25.7 Å². The molecule has 0 spiro atoms. The van der Waals surface area contributed by atoms with Crippen molar-refractivity contribution >= 4 is 10.3 Å². The smallest absolute Gasteiger partial charge is 0.252 e. The van der Waals surface area contributed by atoms with Crippen molar-refractivity contribution in [2.45, 2.75) is 44.6 Å². The molecule has 1 saturated carbocycles. The quantitative estimate of drug-likeness (QED) is 0.756. The summed E-state index contributed by atoms with van der Waals surface area (Å²) < 4.78 is 29.5. The molecule has 78 valence electrons. The van der Waals surface area contributed by atoms with Crippen molar-refractivity contribution in [3.05, 3.63) is 0 Å². The van der Waals surface area contributed by atoms with Crippen LogP contribution in [0.4, 0.5) is 0 Å². The van der Waals surface area contributed by atoms with Crippen molar-refractivity contribution in [2.75, 3.05) is 7.05 Å². The van der Waals surface area contributed by atoms with Crippen LogP contribution in [-0.2, 0) is 14.5 Å². The molecule has 1 N–H and O–H groups in total. The second-order valence-corrected chi connectivity index (χ2v) is 5.24. The first kappa shape index (κ1) is 10.9. The summed E-state index contributed by atoms with van der Waals surface area (Å²) in [6.07, 6.45) is 4.94. The number of rotatable bonds is 3. The second kappa shape index (κ2) is 3.94. The molecule has 0 aromatic heterocycles. The highest BCUT2D eigenvalue weighted by molar-refractivity contribution is 7.84. The van der Waals surface area contributed by atoms with Gasteiger partial charge in [0, 0.05) is 7.05 Å². The number of nitrogens with one attached hydrogen (secondary N) is 1. The summed E-state index contributed by atoms with van der Waals surface area (Å²) in [4.78, 5) is 0. The van der Waals surface area contributed by atoms with Crippen LogP contribution < -0.4 is 4.72 Å². The van der Waals surface area contributed by atoms with E-state index in [9.17, 15) is 8.42 Å². The van der Waals surface area contributed by atoms with Gasteiger partial charge in [0.25, 0.3) is 0 Å². The fourth-order valence-corrected chi connectivity index (χ4v) is 2.47. The van der Waals surface area contributed by atoms with Gasteiger partial charge in [0.05, 0.1) is 5.60 Å². The second-order valence-electron chi connectivity index (χ2n) is 3.75. The van der Waals surface area contributed by atoms with Crippen molar-refractivity contribution in [3.8, 4) is 0 Å². The van der Waals surface area contributed by atoms with E-state index in [1.807, 2.05) is 6.92 Å². The number of hydrogen-bond acceptors (Lipinski definition) is 3. The zero-order chi connectivity index (χ0) is 9.95. The van der Waals surface area contributed by atoms with Crippen molar-refractivity contribution in [3.63, 3.8) is 0 Å². The Labute approximate surface area is 79.9 Å². The van der Waals surface area contributed by atoms with Gasteiger partial charge >= 0.3 is 10.3 Å². The minimum absolute atomic E-state index is 0.486. The van der Waals surface area contributed by atoms with Gasteiger partial charge in [0.2, 0.25) is 0 Å². The lowest BCUT2D eigenvalue weighted by molar-refractivity contribution is 0.0544. The fraction of sp³-hybridized carbons (Fsp3) is 1.00. The molecule has 1 fully saturated rings. The van der Waals surface area contributed by atoms with Gasteiger partial charge in [-0.2, -0.15) is 13.1 Å². The molecule has 0 bridgehead atoms. The standard InChI is InChI=1S/C8H17NO3S/c1-8(6-4-3-5-7-8)12-13(10,11)9-2/h9H,3-7H2,1-2H3. The lowest BCUT2D eigenvalue weighted by atomic mass is 9.87. The summed E-state index contributed by atoms with van der Waals surface area (Å²) in [5.74, 6) is 0. The van der Waals surface area contributed by atoms with Gasteiger partial charge in [0.1, 0.15) is 0 Å². The fourth-order valence-electron chi connectivity index (χ4n) is 1.69. The van der Waals surface area contributed by atoms with Gasteiger partial charge in [-0.15, -0.1) is 0 Å². The van der Waals surface area contributed by atoms with E-state index in [1.54, 1.807) is 0 Å². The molecule has 0 amide bonds. The molecule has 0 unspecified atom stereocenters. The van der Waals surface area contributed by atoms with E-state index in [-0.39, 0.29) is 0 Å². The van der Waals surface area contributed by atoms with E-state index in [0.29, 0.717) is 0 Å². The molecule has 13 heavy (non-hydrogen) atoms. The van der Waals surface area contributed by atoms with Gasteiger partial charge in [-0.3, -0.25) is 4.18 Å². The van der Waals surface area contributed by atoms with Gasteiger partial charge in [-0.05, 0) is 19.8 Å².